The average Bonchev–Trinajstić information content (AvgIpc) is 2.89. The van der Waals surface area contributed by atoms with Crippen molar-refractivity contribution in [1.82, 2.24) is 9.80 Å². The lowest BCUT2D eigenvalue weighted by molar-refractivity contribution is 0.0301. The smallest absolute Gasteiger partial charge is 0.417 e. The summed E-state index contributed by atoms with van der Waals surface area (Å²) in [7, 11) is 0. The van der Waals surface area contributed by atoms with E-state index in [-0.39, 0.29) is 5.96 Å². The van der Waals surface area contributed by atoms with Crippen molar-refractivity contribution in [3.63, 3.8) is 0 Å². The lowest BCUT2D eigenvalue weighted by Gasteiger charge is -2.34. The van der Waals surface area contributed by atoms with Crippen LogP contribution in [0.3, 0.4) is 0 Å². The standard InChI is InChI=1S/C18H22N4O4/c1-18(2,3)26-17(24)22-13-10-7-11-21(14(13)20-15(22)19)16(23)25-12-8-5-4-6-9-12/h4-10,13-14H,11H2,1-3H3,(H2,19,20)/t13-,14+/m0/s1. The summed E-state index contributed by atoms with van der Waals surface area (Å²) in [6.45, 7) is 5.62. The minimum absolute atomic E-state index is 0.0123. The quantitative estimate of drug-likeness (QED) is 0.777. The second kappa shape index (κ2) is 6.70. The second-order valence-electron chi connectivity index (χ2n) is 7.00. The van der Waals surface area contributed by atoms with Gasteiger partial charge in [-0.3, -0.25) is 4.90 Å². The molecule has 2 aliphatic rings. The molecule has 1 aromatic carbocycles. The van der Waals surface area contributed by atoms with E-state index in [4.69, 9.17) is 15.2 Å². The van der Waals surface area contributed by atoms with E-state index >= 15 is 0 Å². The van der Waals surface area contributed by atoms with Gasteiger partial charge >= 0.3 is 12.2 Å². The molecule has 0 saturated carbocycles. The zero-order valence-corrected chi connectivity index (χ0v) is 15.0. The summed E-state index contributed by atoms with van der Waals surface area (Å²) in [4.78, 5) is 32.0. The molecule has 0 fully saturated rings. The first-order valence-corrected chi connectivity index (χ1v) is 8.32. The van der Waals surface area contributed by atoms with Gasteiger partial charge in [0.15, 0.2) is 6.17 Å². The van der Waals surface area contributed by atoms with Gasteiger partial charge in [0.2, 0.25) is 5.96 Å². The first-order chi connectivity index (χ1) is 12.3. The molecule has 2 aliphatic heterocycles. The van der Waals surface area contributed by atoms with Gasteiger partial charge in [-0.1, -0.05) is 30.4 Å². The van der Waals surface area contributed by atoms with E-state index in [1.54, 1.807) is 57.2 Å². The molecule has 138 valence electrons. The normalized spacial score (nSPS) is 21.9. The Balaban J connectivity index is 1.76. The Hall–Kier alpha value is -3.03. The molecule has 2 heterocycles. The number of fused-ring (bicyclic) bond motifs is 1. The van der Waals surface area contributed by atoms with Crippen molar-refractivity contribution in [1.29, 1.82) is 0 Å². The first-order valence-electron chi connectivity index (χ1n) is 8.32. The molecule has 0 aliphatic carbocycles. The number of hydrogen-bond donors (Lipinski definition) is 1. The van der Waals surface area contributed by atoms with Gasteiger partial charge in [0.05, 0.1) is 0 Å². The summed E-state index contributed by atoms with van der Waals surface area (Å²) in [5.74, 6) is 0.445. The van der Waals surface area contributed by atoms with Gasteiger partial charge in [0, 0.05) is 6.54 Å². The molecule has 2 N–H and O–H groups in total. The van der Waals surface area contributed by atoms with Crippen LogP contribution in [0.15, 0.2) is 47.5 Å². The van der Waals surface area contributed by atoms with Crippen molar-refractivity contribution in [2.45, 2.75) is 38.6 Å². The minimum atomic E-state index is -0.667. The summed E-state index contributed by atoms with van der Waals surface area (Å²) >= 11 is 0. The van der Waals surface area contributed by atoms with Gasteiger partial charge < -0.3 is 15.2 Å². The molecule has 3 rings (SSSR count). The third-order valence-corrected chi connectivity index (χ3v) is 3.84. The minimum Gasteiger partial charge on any atom is -0.443 e. The molecule has 2 amide bonds. The number of hydrogen-bond acceptors (Lipinski definition) is 6. The van der Waals surface area contributed by atoms with Crippen LogP contribution in [0.5, 0.6) is 5.75 Å². The molecular weight excluding hydrogens is 336 g/mol. The molecule has 0 spiro atoms. The van der Waals surface area contributed by atoms with E-state index in [0.29, 0.717) is 12.3 Å². The molecule has 0 radical (unpaired) electrons. The van der Waals surface area contributed by atoms with E-state index in [9.17, 15) is 9.59 Å². The molecule has 8 heteroatoms. The highest BCUT2D eigenvalue weighted by Crippen LogP contribution is 2.27. The maximum absolute atomic E-state index is 12.5. The second-order valence-corrected chi connectivity index (χ2v) is 7.00. The number of amides is 2. The number of rotatable bonds is 1. The molecule has 0 bridgehead atoms. The van der Waals surface area contributed by atoms with Gasteiger partial charge in [-0.05, 0) is 32.9 Å². The zero-order valence-electron chi connectivity index (χ0n) is 15.0. The molecule has 26 heavy (non-hydrogen) atoms. The molecule has 0 unspecified atom stereocenters. The number of carbonyl (C=O) groups is 2. The SMILES string of the molecule is CC(C)(C)OC(=O)N1C(N)=N[C@H]2[C@@H]1C=CCN2C(=O)Oc1ccccc1. The Morgan fingerprint density at radius 1 is 1.19 bits per heavy atom. The van der Waals surface area contributed by atoms with Crippen LogP contribution >= 0.6 is 0 Å². The fourth-order valence-corrected chi connectivity index (χ4v) is 2.78. The van der Waals surface area contributed by atoms with Gasteiger partial charge in [-0.2, -0.15) is 0 Å². The maximum Gasteiger partial charge on any atom is 0.417 e. The number of benzene rings is 1. The van der Waals surface area contributed by atoms with Crippen molar-refractivity contribution >= 4 is 18.1 Å². The summed E-state index contributed by atoms with van der Waals surface area (Å²) in [5.41, 5.74) is 5.27. The Kier molecular flexibility index (Phi) is 4.58. The lowest BCUT2D eigenvalue weighted by atomic mass is 10.1. The lowest BCUT2D eigenvalue weighted by Crippen LogP contribution is -2.54. The monoisotopic (exact) mass is 358 g/mol. The Bertz CT molecular complexity index is 754. The van der Waals surface area contributed by atoms with E-state index in [2.05, 4.69) is 4.99 Å². The number of carbonyl (C=O) groups excluding carboxylic acids is 2. The van der Waals surface area contributed by atoms with E-state index in [1.165, 1.54) is 9.80 Å². The summed E-state index contributed by atoms with van der Waals surface area (Å²) < 4.78 is 10.8. The van der Waals surface area contributed by atoms with Gasteiger partial charge in [-0.15, -0.1) is 0 Å². The average molecular weight is 358 g/mol. The fraction of sp³-hybridized carbons (Fsp3) is 0.389. The highest BCUT2D eigenvalue weighted by molar-refractivity contribution is 5.96. The van der Waals surface area contributed by atoms with Crippen molar-refractivity contribution in [3.8, 4) is 5.75 Å². The largest absolute Gasteiger partial charge is 0.443 e. The van der Waals surface area contributed by atoms with Crippen LogP contribution in [0.25, 0.3) is 0 Å². The third-order valence-electron chi connectivity index (χ3n) is 3.84. The number of nitrogens with two attached hydrogens (primary N) is 1. The van der Waals surface area contributed by atoms with Crippen LogP contribution < -0.4 is 10.5 Å². The zero-order chi connectivity index (χ0) is 18.9. The predicted octanol–water partition coefficient (Wildman–Crippen LogP) is 2.32. The number of ether oxygens (including phenoxy) is 2. The van der Waals surface area contributed by atoms with Gasteiger partial charge in [0.1, 0.15) is 17.4 Å². The molecule has 1 aromatic rings. The third kappa shape index (κ3) is 3.63. The Morgan fingerprint density at radius 3 is 2.54 bits per heavy atom. The van der Waals surface area contributed by atoms with Crippen molar-refractivity contribution in [3.05, 3.63) is 42.5 Å². The van der Waals surface area contributed by atoms with Crippen LogP contribution in [0.2, 0.25) is 0 Å². The summed E-state index contributed by atoms with van der Waals surface area (Å²) in [5, 5.41) is 0. The van der Waals surface area contributed by atoms with Crippen LogP contribution in [0.4, 0.5) is 9.59 Å². The number of aliphatic imine (C=N–C) groups is 1. The fourth-order valence-electron chi connectivity index (χ4n) is 2.78. The molecular formula is C18H22N4O4. The highest BCUT2D eigenvalue weighted by Gasteiger charge is 2.45. The van der Waals surface area contributed by atoms with E-state index in [0.717, 1.165) is 0 Å². The summed E-state index contributed by atoms with van der Waals surface area (Å²) in [6, 6.07) is 8.23. The topological polar surface area (TPSA) is 97.5 Å². The Morgan fingerprint density at radius 2 is 1.88 bits per heavy atom. The predicted molar refractivity (Wildman–Crippen MR) is 95.6 cm³/mol. The molecule has 8 nitrogen and oxygen atoms in total. The van der Waals surface area contributed by atoms with Gasteiger partial charge in [-0.25, -0.2) is 19.5 Å². The van der Waals surface area contributed by atoms with Crippen LogP contribution in [-0.4, -0.2) is 52.3 Å². The maximum atomic E-state index is 12.5. The number of nitrogens with zero attached hydrogens (tertiary/aromatic N) is 3. The highest BCUT2D eigenvalue weighted by atomic mass is 16.6. The van der Waals surface area contributed by atoms with Crippen LogP contribution in [-0.2, 0) is 4.74 Å². The van der Waals surface area contributed by atoms with E-state index in [1.807, 2.05) is 6.07 Å². The number of para-hydroxylation sites is 1. The van der Waals surface area contributed by atoms with Crippen molar-refractivity contribution in [2.75, 3.05) is 6.54 Å². The van der Waals surface area contributed by atoms with Crippen LogP contribution in [0, 0.1) is 0 Å². The van der Waals surface area contributed by atoms with Crippen molar-refractivity contribution in [2.24, 2.45) is 10.7 Å². The van der Waals surface area contributed by atoms with E-state index < -0.39 is 30.0 Å². The first kappa shape index (κ1) is 17.8. The summed E-state index contributed by atoms with van der Waals surface area (Å²) in [6.07, 6.45) is 1.76. The van der Waals surface area contributed by atoms with Gasteiger partial charge in [0.25, 0.3) is 0 Å². The number of guanidine groups is 1. The van der Waals surface area contributed by atoms with Crippen molar-refractivity contribution < 1.29 is 19.1 Å². The Labute approximate surface area is 151 Å². The van der Waals surface area contributed by atoms with Crippen LogP contribution in [0.1, 0.15) is 20.8 Å². The molecule has 0 saturated heterocycles. The molecule has 2 atom stereocenters. The molecule has 0 aromatic heterocycles.